The fraction of sp³-hybridized carbons (Fsp3) is 0. The van der Waals surface area contributed by atoms with Crippen molar-refractivity contribution >= 4 is 5.88 Å². The molecule has 0 unspecified atom stereocenters. The molecule has 2 aromatic carbocycles. The average molecular weight is 254 g/mol. The Kier molecular flexibility index (Phi) is 2.76. The van der Waals surface area contributed by atoms with Gasteiger partial charge >= 0.3 is 0 Å². The summed E-state index contributed by atoms with van der Waals surface area (Å²) in [6.45, 7) is 0. The number of anilines is 1. The van der Waals surface area contributed by atoms with E-state index in [2.05, 4.69) is 5.16 Å². The second kappa shape index (κ2) is 4.57. The molecule has 0 atom stereocenters. The van der Waals surface area contributed by atoms with Crippen LogP contribution in [0.3, 0.4) is 0 Å². The Morgan fingerprint density at radius 1 is 0.947 bits per heavy atom. The van der Waals surface area contributed by atoms with E-state index in [0.717, 1.165) is 5.56 Å². The summed E-state index contributed by atoms with van der Waals surface area (Å²) in [5.74, 6) is -0.169. The van der Waals surface area contributed by atoms with Crippen molar-refractivity contribution in [2.24, 2.45) is 0 Å². The number of hydrogen-bond acceptors (Lipinski definition) is 3. The molecule has 0 saturated heterocycles. The number of halogens is 1. The minimum Gasteiger partial charge on any atom is -0.367 e. The van der Waals surface area contributed by atoms with Gasteiger partial charge in [0.1, 0.15) is 11.5 Å². The summed E-state index contributed by atoms with van der Waals surface area (Å²) >= 11 is 0. The highest BCUT2D eigenvalue weighted by atomic mass is 19.1. The number of nitrogens with two attached hydrogens (primary N) is 1. The lowest BCUT2D eigenvalue weighted by atomic mass is 10.0. The van der Waals surface area contributed by atoms with E-state index in [-0.39, 0.29) is 11.7 Å². The maximum absolute atomic E-state index is 13.9. The Balaban J connectivity index is 2.23. The minimum absolute atomic E-state index is 0.185. The number of nitrogens with zero attached hydrogens (tertiary/aromatic N) is 1. The van der Waals surface area contributed by atoms with Crippen molar-refractivity contribution in [3.05, 3.63) is 60.4 Å². The molecule has 94 valence electrons. The molecule has 2 N–H and O–H groups in total. The van der Waals surface area contributed by atoms with Crippen molar-refractivity contribution in [2.75, 3.05) is 5.73 Å². The van der Waals surface area contributed by atoms with Crippen LogP contribution in [0.15, 0.2) is 59.1 Å². The monoisotopic (exact) mass is 254 g/mol. The molecule has 4 heteroatoms. The van der Waals surface area contributed by atoms with E-state index in [1.165, 1.54) is 6.07 Å². The van der Waals surface area contributed by atoms with Crippen LogP contribution >= 0.6 is 0 Å². The van der Waals surface area contributed by atoms with Crippen LogP contribution in [0.2, 0.25) is 0 Å². The molecular weight excluding hydrogens is 243 g/mol. The van der Waals surface area contributed by atoms with E-state index in [4.69, 9.17) is 10.3 Å². The van der Waals surface area contributed by atoms with Crippen molar-refractivity contribution in [1.82, 2.24) is 5.16 Å². The van der Waals surface area contributed by atoms with Crippen LogP contribution in [-0.4, -0.2) is 5.16 Å². The van der Waals surface area contributed by atoms with Crippen LogP contribution in [0.1, 0.15) is 0 Å². The Morgan fingerprint density at radius 2 is 1.63 bits per heavy atom. The molecule has 0 aliphatic heterocycles. The highest BCUT2D eigenvalue weighted by molar-refractivity contribution is 5.86. The highest BCUT2D eigenvalue weighted by Gasteiger charge is 2.19. The minimum atomic E-state index is -0.354. The maximum Gasteiger partial charge on any atom is 0.230 e. The molecule has 1 heterocycles. The third-order valence-corrected chi connectivity index (χ3v) is 2.91. The summed E-state index contributed by atoms with van der Waals surface area (Å²) in [5.41, 5.74) is 8.07. The fourth-order valence-electron chi connectivity index (χ4n) is 2.02. The van der Waals surface area contributed by atoms with E-state index < -0.39 is 0 Å². The van der Waals surface area contributed by atoms with E-state index in [9.17, 15) is 4.39 Å². The topological polar surface area (TPSA) is 52.0 Å². The van der Waals surface area contributed by atoms with Gasteiger partial charge in [0.05, 0.1) is 5.56 Å². The van der Waals surface area contributed by atoms with Gasteiger partial charge in [-0.05, 0) is 17.7 Å². The largest absolute Gasteiger partial charge is 0.367 e. The molecule has 0 fully saturated rings. The summed E-state index contributed by atoms with van der Waals surface area (Å²) < 4.78 is 18.9. The van der Waals surface area contributed by atoms with E-state index in [0.29, 0.717) is 16.8 Å². The van der Waals surface area contributed by atoms with E-state index >= 15 is 0 Å². The third-order valence-electron chi connectivity index (χ3n) is 2.91. The normalized spacial score (nSPS) is 10.6. The zero-order chi connectivity index (χ0) is 13.2. The van der Waals surface area contributed by atoms with E-state index in [1.54, 1.807) is 18.2 Å². The molecule has 3 rings (SSSR count). The van der Waals surface area contributed by atoms with Gasteiger partial charge in [0, 0.05) is 5.56 Å². The van der Waals surface area contributed by atoms with Gasteiger partial charge in [-0.1, -0.05) is 47.6 Å². The second-order valence-corrected chi connectivity index (χ2v) is 4.12. The maximum atomic E-state index is 13.9. The van der Waals surface area contributed by atoms with Gasteiger partial charge in [-0.3, -0.25) is 0 Å². The Hall–Kier alpha value is -2.62. The molecule has 0 spiro atoms. The summed E-state index contributed by atoms with van der Waals surface area (Å²) in [4.78, 5) is 0. The second-order valence-electron chi connectivity index (χ2n) is 4.12. The average Bonchev–Trinajstić information content (AvgIpc) is 2.82. The van der Waals surface area contributed by atoms with Crippen molar-refractivity contribution in [3.8, 4) is 22.4 Å². The van der Waals surface area contributed by atoms with Crippen LogP contribution in [0, 0.1) is 5.82 Å². The summed E-state index contributed by atoms with van der Waals surface area (Å²) in [7, 11) is 0. The zero-order valence-corrected chi connectivity index (χ0v) is 10.0. The van der Waals surface area contributed by atoms with Crippen molar-refractivity contribution in [1.29, 1.82) is 0 Å². The lowest BCUT2D eigenvalue weighted by Gasteiger charge is -2.03. The van der Waals surface area contributed by atoms with Crippen molar-refractivity contribution in [3.63, 3.8) is 0 Å². The van der Waals surface area contributed by atoms with Gasteiger partial charge in [0.2, 0.25) is 5.88 Å². The molecular formula is C15H11FN2O. The molecule has 0 saturated carbocycles. The molecule has 0 aliphatic rings. The van der Waals surface area contributed by atoms with Gasteiger partial charge in [-0.15, -0.1) is 0 Å². The van der Waals surface area contributed by atoms with Gasteiger partial charge in [0.25, 0.3) is 0 Å². The third kappa shape index (κ3) is 1.97. The molecule has 3 nitrogen and oxygen atoms in total. The van der Waals surface area contributed by atoms with Crippen LogP contribution in [0.4, 0.5) is 10.3 Å². The van der Waals surface area contributed by atoms with Gasteiger partial charge < -0.3 is 10.3 Å². The quantitative estimate of drug-likeness (QED) is 0.758. The molecule has 19 heavy (non-hydrogen) atoms. The number of nitrogen functional groups attached to an aromatic ring is 1. The zero-order valence-electron chi connectivity index (χ0n) is 10.0. The predicted octanol–water partition coefficient (Wildman–Crippen LogP) is 3.73. The predicted molar refractivity (Wildman–Crippen MR) is 71.7 cm³/mol. The molecule has 3 aromatic rings. The van der Waals surface area contributed by atoms with Crippen LogP contribution in [0.25, 0.3) is 22.4 Å². The van der Waals surface area contributed by atoms with Crippen LogP contribution < -0.4 is 5.73 Å². The smallest absolute Gasteiger partial charge is 0.230 e. The molecule has 0 bridgehead atoms. The molecule has 0 radical (unpaired) electrons. The lowest BCUT2D eigenvalue weighted by molar-refractivity contribution is 0.439. The van der Waals surface area contributed by atoms with Crippen LogP contribution in [-0.2, 0) is 0 Å². The number of rotatable bonds is 2. The van der Waals surface area contributed by atoms with Crippen LogP contribution in [0.5, 0.6) is 0 Å². The van der Waals surface area contributed by atoms with Gasteiger partial charge in [-0.2, -0.15) is 0 Å². The van der Waals surface area contributed by atoms with Gasteiger partial charge in [0.15, 0.2) is 0 Å². The fourth-order valence-corrected chi connectivity index (χ4v) is 2.02. The molecule has 0 aliphatic carbocycles. The summed E-state index contributed by atoms with van der Waals surface area (Å²) in [6, 6.07) is 15.8. The van der Waals surface area contributed by atoms with Crippen molar-refractivity contribution < 1.29 is 8.91 Å². The van der Waals surface area contributed by atoms with Gasteiger partial charge in [-0.25, -0.2) is 4.39 Å². The highest BCUT2D eigenvalue weighted by Crippen LogP contribution is 2.36. The Bertz CT molecular complexity index is 707. The Morgan fingerprint density at radius 3 is 2.37 bits per heavy atom. The summed E-state index contributed by atoms with van der Waals surface area (Å²) in [5, 5.41) is 3.88. The standard InChI is InChI=1S/C15H11FN2O/c16-12-9-5-4-8-11(12)14-13(15(17)19-18-14)10-6-2-1-3-7-10/h1-9H,17H2. The number of hydrogen-bond donors (Lipinski definition) is 1. The molecule has 0 amide bonds. The lowest BCUT2D eigenvalue weighted by Crippen LogP contribution is -1.89. The Labute approximate surface area is 109 Å². The first-order valence-electron chi connectivity index (χ1n) is 5.83. The SMILES string of the molecule is Nc1onc(-c2ccccc2F)c1-c1ccccc1. The molecule has 1 aromatic heterocycles. The first-order chi connectivity index (χ1) is 9.27. The van der Waals surface area contributed by atoms with Crippen molar-refractivity contribution in [2.45, 2.75) is 0 Å². The first-order valence-corrected chi connectivity index (χ1v) is 5.83. The number of benzene rings is 2. The number of aromatic nitrogens is 1. The van der Waals surface area contributed by atoms with E-state index in [1.807, 2.05) is 30.3 Å². The first kappa shape index (κ1) is 11.5. The summed E-state index contributed by atoms with van der Waals surface area (Å²) in [6.07, 6.45) is 0.